The highest BCUT2D eigenvalue weighted by atomic mass is 32.3. The first-order valence-electron chi connectivity index (χ1n) is 7.95. The minimum Gasteiger partial charge on any atom is -0.263 e. The Kier molecular flexibility index (Phi) is 6.77. The predicted molar refractivity (Wildman–Crippen MR) is 112 cm³/mol. The third-order valence-electron chi connectivity index (χ3n) is 3.49. The van der Waals surface area contributed by atoms with E-state index in [1.54, 1.807) is 74.4 Å². The minimum atomic E-state index is -4.25. The van der Waals surface area contributed by atoms with E-state index >= 15 is 0 Å². The van der Waals surface area contributed by atoms with Gasteiger partial charge in [-0.1, -0.05) is 47.3 Å². The van der Waals surface area contributed by atoms with Crippen LogP contribution in [-0.4, -0.2) is 63.5 Å². The summed E-state index contributed by atoms with van der Waals surface area (Å²) in [5.41, 5.74) is 0. The maximum absolute atomic E-state index is 13.2. The zero-order valence-electron chi connectivity index (χ0n) is 15.5. The van der Waals surface area contributed by atoms with Crippen LogP contribution in [0, 0.1) is 0 Å². The van der Waals surface area contributed by atoms with E-state index in [4.69, 9.17) is 0 Å². The number of rotatable bonds is 2. The van der Waals surface area contributed by atoms with Gasteiger partial charge in [-0.15, -0.1) is 0 Å². The molecule has 0 bridgehead atoms. The molecule has 0 fully saturated rings. The second-order valence-corrected chi connectivity index (χ2v) is 11.6. The van der Waals surface area contributed by atoms with Gasteiger partial charge in [-0.2, -0.15) is 0 Å². The molecule has 0 N–H and O–H groups in total. The molecule has 0 atom stereocenters. The molecule has 0 amide bonds. The van der Waals surface area contributed by atoms with Crippen molar-refractivity contribution in [2.45, 2.75) is 9.79 Å². The summed E-state index contributed by atoms with van der Waals surface area (Å²) in [7, 11) is -0.879. The summed E-state index contributed by atoms with van der Waals surface area (Å²) in [5.74, 6) is 0. The Bertz CT molecular complexity index is 988. The molecule has 0 aromatic heterocycles. The average molecular weight is 427 g/mol. The molecule has 0 unspecified atom stereocenters. The SMILES string of the molecule is CN(C)C(=S=C(S(=O)(=O)c1ccccc1)S(=O)(=O)c1ccccc1)N(C)C. The van der Waals surface area contributed by atoms with Crippen LogP contribution in [0.4, 0.5) is 0 Å². The number of nitrogens with zero attached hydrogens (tertiary/aromatic N) is 2. The highest BCUT2D eigenvalue weighted by Crippen LogP contribution is 2.22. The Morgan fingerprint density at radius 1 is 0.667 bits per heavy atom. The van der Waals surface area contributed by atoms with Crippen molar-refractivity contribution < 1.29 is 16.8 Å². The van der Waals surface area contributed by atoms with Crippen molar-refractivity contribution in [1.29, 1.82) is 0 Å². The molecule has 27 heavy (non-hydrogen) atoms. The second kappa shape index (κ2) is 8.49. The second-order valence-electron chi connectivity index (χ2n) is 6.06. The standard InChI is InChI=1S/C18H22N2O4S3/c1-19(2)17(20(3)4)25-18(26(21,22)15-11-7-5-8-12-15)27(23,24)16-13-9-6-10-14-16/h5-14H,1-4H3. The molecule has 6 nitrogen and oxygen atoms in total. The van der Waals surface area contributed by atoms with Gasteiger partial charge in [0.2, 0.25) is 23.2 Å². The van der Waals surface area contributed by atoms with Crippen molar-refractivity contribution in [3.8, 4) is 0 Å². The van der Waals surface area contributed by atoms with Crippen molar-refractivity contribution in [2.24, 2.45) is 0 Å². The van der Waals surface area contributed by atoms with Crippen molar-refractivity contribution >= 4 is 39.3 Å². The normalized spacial score (nSPS) is 12.2. The fourth-order valence-corrected chi connectivity index (χ4v) is 7.87. The zero-order valence-corrected chi connectivity index (χ0v) is 18.0. The summed E-state index contributed by atoms with van der Waals surface area (Å²) in [6.07, 6.45) is 0. The monoisotopic (exact) mass is 426 g/mol. The van der Waals surface area contributed by atoms with Gasteiger partial charge in [0.15, 0.2) is 0 Å². The van der Waals surface area contributed by atoms with E-state index in [0.29, 0.717) is 5.11 Å². The third kappa shape index (κ3) is 4.74. The molecule has 0 heterocycles. The summed E-state index contributed by atoms with van der Waals surface area (Å²) >= 11 is 0. The number of sulfone groups is 2. The molecule has 2 rings (SSSR count). The van der Waals surface area contributed by atoms with Crippen LogP contribution in [0.25, 0.3) is 0 Å². The van der Waals surface area contributed by atoms with Crippen LogP contribution in [0.5, 0.6) is 0 Å². The van der Waals surface area contributed by atoms with Gasteiger partial charge in [-0.25, -0.2) is 16.8 Å². The van der Waals surface area contributed by atoms with E-state index in [2.05, 4.69) is 0 Å². The van der Waals surface area contributed by atoms with Crippen molar-refractivity contribution in [2.75, 3.05) is 28.2 Å². The molecule has 0 saturated carbocycles. The fourth-order valence-electron chi connectivity index (χ4n) is 2.30. The van der Waals surface area contributed by atoms with Gasteiger partial charge in [0.1, 0.15) is 5.11 Å². The first kappa shape index (κ1) is 21.5. The molecule has 0 spiro atoms. The first-order valence-corrected chi connectivity index (χ1v) is 11.7. The summed E-state index contributed by atoms with van der Waals surface area (Å²) in [5, 5.41) is 0.476. The lowest BCUT2D eigenvalue weighted by molar-refractivity contribution is 0.501. The Labute approximate surface area is 164 Å². The van der Waals surface area contributed by atoms with E-state index in [0.717, 1.165) is 10.9 Å². The van der Waals surface area contributed by atoms with Crippen LogP contribution in [-0.2, 0) is 19.7 Å². The maximum Gasteiger partial charge on any atom is 0.227 e. The van der Waals surface area contributed by atoms with E-state index in [1.165, 1.54) is 24.3 Å². The number of hydrogen-bond acceptors (Lipinski definition) is 4. The lowest BCUT2D eigenvalue weighted by Crippen LogP contribution is -2.34. The van der Waals surface area contributed by atoms with E-state index in [-0.39, 0.29) is 9.79 Å². The van der Waals surface area contributed by atoms with Crippen LogP contribution in [0.2, 0.25) is 0 Å². The Morgan fingerprint density at radius 3 is 1.30 bits per heavy atom. The van der Waals surface area contributed by atoms with E-state index in [9.17, 15) is 16.8 Å². The molecule has 0 aliphatic carbocycles. The van der Waals surface area contributed by atoms with Crippen LogP contribution in [0.3, 0.4) is 0 Å². The topological polar surface area (TPSA) is 74.8 Å². The summed E-state index contributed by atoms with van der Waals surface area (Å²) < 4.78 is 52.4. The van der Waals surface area contributed by atoms with Crippen LogP contribution in [0.1, 0.15) is 0 Å². The van der Waals surface area contributed by atoms with Gasteiger partial charge < -0.3 is 0 Å². The molecule has 2 aromatic carbocycles. The molecule has 2 aromatic rings. The average Bonchev–Trinajstić information content (AvgIpc) is 2.62. The van der Waals surface area contributed by atoms with E-state index < -0.39 is 23.2 Å². The van der Waals surface area contributed by atoms with E-state index in [1.807, 2.05) is 0 Å². The predicted octanol–water partition coefficient (Wildman–Crippen LogP) is 1.97. The minimum absolute atomic E-state index is 0.0659. The van der Waals surface area contributed by atoms with Crippen molar-refractivity contribution in [1.82, 2.24) is 9.80 Å². The van der Waals surface area contributed by atoms with Gasteiger partial charge in [0, 0.05) is 0 Å². The van der Waals surface area contributed by atoms with Crippen molar-refractivity contribution in [3.63, 3.8) is 0 Å². The lowest BCUT2D eigenvalue weighted by Gasteiger charge is -2.19. The number of benzene rings is 2. The Morgan fingerprint density at radius 2 is 1.00 bits per heavy atom. The van der Waals surface area contributed by atoms with Crippen LogP contribution < -0.4 is 0 Å². The number of hydrogen-bond donors (Lipinski definition) is 0. The quantitative estimate of drug-likeness (QED) is 0.684. The van der Waals surface area contributed by atoms with Crippen LogP contribution in [0.15, 0.2) is 70.5 Å². The van der Waals surface area contributed by atoms with Gasteiger partial charge in [-0.3, -0.25) is 9.80 Å². The molecule has 0 aliphatic rings. The van der Waals surface area contributed by atoms with Gasteiger partial charge in [-0.05, 0) is 52.5 Å². The summed E-state index contributed by atoms with van der Waals surface area (Å²) in [6.45, 7) is 0. The molecular weight excluding hydrogens is 404 g/mol. The van der Waals surface area contributed by atoms with Gasteiger partial charge in [0.25, 0.3) is 0 Å². The highest BCUT2D eigenvalue weighted by Gasteiger charge is 2.34. The molecule has 9 heteroatoms. The highest BCUT2D eigenvalue weighted by molar-refractivity contribution is 8.43. The molecule has 0 aliphatic heterocycles. The zero-order chi connectivity index (χ0) is 20.2. The molecule has 146 valence electrons. The van der Waals surface area contributed by atoms with Gasteiger partial charge in [0.05, 0.1) is 9.79 Å². The smallest absolute Gasteiger partial charge is 0.227 e. The first-order chi connectivity index (χ1) is 12.6. The van der Waals surface area contributed by atoms with Crippen LogP contribution >= 0.6 is 10.9 Å². The van der Waals surface area contributed by atoms with Gasteiger partial charge >= 0.3 is 0 Å². The Balaban J connectivity index is 2.93. The molecular formula is C18H22N2O4S3. The summed E-state index contributed by atoms with van der Waals surface area (Å²) in [6, 6.07) is 15.2. The Hall–Kier alpha value is -1.78. The third-order valence-corrected chi connectivity index (χ3v) is 10.4. The largest absolute Gasteiger partial charge is 0.263 e. The fraction of sp³-hybridized carbons (Fsp3) is 0.222. The van der Waals surface area contributed by atoms with Crippen molar-refractivity contribution in [3.05, 3.63) is 60.7 Å². The maximum atomic E-state index is 13.2. The molecule has 0 saturated heterocycles. The summed E-state index contributed by atoms with van der Waals surface area (Å²) in [4.78, 5) is 3.21. The lowest BCUT2D eigenvalue weighted by atomic mass is 10.4. The molecule has 0 radical (unpaired) electrons.